The number of hydrogen-bond donors (Lipinski definition) is 1. The van der Waals surface area contributed by atoms with Crippen LogP contribution in [-0.4, -0.2) is 5.91 Å². The SMILES string of the molecule is CCc1cccc(C)c1NC(=O)/C=C/c1ccc(-c2ccccc2)s1. The highest BCUT2D eigenvalue weighted by Crippen LogP contribution is 2.28. The van der Waals surface area contributed by atoms with Gasteiger partial charge in [0.05, 0.1) is 0 Å². The molecule has 0 unspecified atom stereocenters. The van der Waals surface area contributed by atoms with Crippen LogP contribution in [0, 0.1) is 6.92 Å². The monoisotopic (exact) mass is 347 g/mol. The van der Waals surface area contributed by atoms with Crippen LogP contribution in [0.25, 0.3) is 16.5 Å². The number of benzene rings is 2. The largest absolute Gasteiger partial charge is 0.322 e. The number of anilines is 1. The fourth-order valence-electron chi connectivity index (χ4n) is 2.72. The van der Waals surface area contributed by atoms with E-state index in [2.05, 4.69) is 36.5 Å². The smallest absolute Gasteiger partial charge is 0.248 e. The van der Waals surface area contributed by atoms with Crippen molar-refractivity contribution in [3.05, 3.63) is 82.7 Å². The molecule has 126 valence electrons. The third-order valence-electron chi connectivity index (χ3n) is 4.07. The van der Waals surface area contributed by atoms with Gasteiger partial charge in [-0.05, 0) is 48.2 Å². The van der Waals surface area contributed by atoms with Crippen LogP contribution in [-0.2, 0) is 11.2 Å². The number of nitrogens with one attached hydrogen (secondary N) is 1. The molecule has 3 heteroatoms. The standard InChI is InChI=1S/C22H21NOS/c1-3-17-11-7-8-16(2)22(17)23-21(24)15-13-19-12-14-20(25-19)18-9-5-4-6-10-18/h4-15H,3H2,1-2H3,(H,23,24)/b15-13+. The summed E-state index contributed by atoms with van der Waals surface area (Å²) >= 11 is 1.68. The number of para-hydroxylation sites is 1. The molecule has 0 saturated carbocycles. The van der Waals surface area contributed by atoms with Gasteiger partial charge >= 0.3 is 0 Å². The van der Waals surface area contributed by atoms with Gasteiger partial charge in [0.15, 0.2) is 0 Å². The van der Waals surface area contributed by atoms with Crippen molar-refractivity contribution in [2.75, 3.05) is 5.32 Å². The van der Waals surface area contributed by atoms with E-state index in [1.54, 1.807) is 17.4 Å². The lowest BCUT2D eigenvalue weighted by Gasteiger charge is -2.11. The predicted molar refractivity (Wildman–Crippen MR) is 108 cm³/mol. The van der Waals surface area contributed by atoms with Gasteiger partial charge in [-0.25, -0.2) is 0 Å². The zero-order valence-electron chi connectivity index (χ0n) is 14.5. The first kappa shape index (κ1) is 17.2. The van der Waals surface area contributed by atoms with Crippen molar-refractivity contribution in [2.45, 2.75) is 20.3 Å². The molecule has 2 nitrogen and oxygen atoms in total. The molecule has 0 radical (unpaired) electrons. The average molecular weight is 347 g/mol. The van der Waals surface area contributed by atoms with Gasteiger partial charge in [0.25, 0.3) is 0 Å². The van der Waals surface area contributed by atoms with Crippen LogP contribution in [0.1, 0.15) is 22.9 Å². The van der Waals surface area contributed by atoms with E-state index in [1.165, 1.54) is 10.4 Å². The van der Waals surface area contributed by atoms with Gasteiger partial charge in [-0.3, -0.25) is 4.79 Å². The Bertz CT molecular complexity index is 893. The molecule has 1 amide bonds. The Morgan fingerprint density at radius 1 is 1.04 bits per heavy atom. The summed E-state index contributed by atoms with van der Waals surface area (Å²) in [5.74, 6) is -0.0985. The molecule has 2 aromatic carbocycles. The van der Waals surface area contributed by atoms with Crippen molar-refractivity contribution in [3.63, 3.8) is 0 Å². The van der Waals surface area contributed by atoms with Gasteiger partial charge in [0.1, 0.15) is 0 Å². The lowest BCUT2D eigenvalue weighted by Crippen LogP contribution is -2.10. The van der Waals surface area contributed by atoms with Crippen LogP contribution < -0.4 is 5.32 Å². The van der Waals surface area contributed by atoms with E-state index in [4.69, 9.17) is 0 Å². The normalized spacial score (nSPS) is 11.0. The molecular formula is C22H21NOS. The maximum atomic E-state index is 12.3. The van der Waals surface area contributed by atoms with E-state index in [0.29, 0.717) is 0 Å². The summed E-state index contributed by atoms with van der Waals surface area (Å²) < 4.78 is 0. The van der Waals surface area contributed by atoms with Gasteiger partial charge in [-0.15, -0.1) is 11.3 Å². The highest BCUT2D eigenvalue weighted by Gasteiger charge is 2.07. The Kier molecular flexibility index (Phi) is 5.46. The third-order valence-corrected chi connectivity index (χ3v) is 5.17. The van der Waals surface area contributed by atoms with E-state index in [9.17, 15) is 4.79 Å². The van der Waals surface area contributed by atoms with Gasteiger partial charge in [-0.1, -0.05) is 55.5 Å². The van der Waals surface area contributed by atoms with E-state index >= 15 is 0 Å². The van der Waals surface area contributed by atoms with Crippen LogP contribution >= 0.6 is 11.3 Å². The van der Waals surface area contributed by atoms with Crippen LogP contribution in [0.15, 0.2) is 66.7 Å². The minimum absolute atomic E-state index is 0.0985. The fraction of sp³-hybridized carbons (Fsp3) is 0.136. The molecule has 1 heterocycles. The Morgan fingerprint density at radius 3 is 2.60 bits per heavy atom. The lowest BCUT2D eigenvalue weighted by molar-refractivity contribution is -0.111. The fourth-order valence-corrected chi connectivity index (χ4v) is 3.64. The van der Waals surface area contributed by atoms with Crippen LogP contribution in [0.2, 0.25) is 0 Å². The van der Waals surface area contributed by atoms with Gasteiger partial charge in [0, 0.05) is 21.5 Å². The van der Waals surface area contributed by atoms with Crippen molar-refractivity contribution in [1.29, 1.82) is 0 Å². The Labute approximate surface area is 152 Å². The topological polar surface area (TPSA) is 29.1 Å². The molecule has 1 N–H and O–H groups in total. The summed E-state index contributed by atoms with van der Waals surface area (Å²) in [6, 6.07) is 20.5. The highest BCUT2D eigenvalue weighted by molar-refractivity contribution is 7.16. The molecule has 3 rings (SSSR count). The molecule has 0 bridgehead atoms. The molecule has 0 aliphatic heterocycles. The van der Waals surface area contributed by atoms with Crippen LogP contribution in [0.4, 0.5) is 5.69 Å². The van der Waals surface area contributed by atoms with Crippen molar-refractivity contribution < 1.29 is 4.79 Å². The summed E-state index contributed by atoms with van der Waals surface area (Å²) in [5.41, 5.74) is 4.37. The second-order valence-electron chi connectivity index (χ2n) is 5.85. The van der Waals surface area contributed by atoms with E-state index in [-0.39, 0.29) is 5.91 Å². The zero-order valence-corrected chi connectivity index (χ0v) is 15.3. The van der Waals surface area contributed by atoms with Gasteiger partial charge < -0.3 is 5.32 Å². The number of carbonyl (C=O) groups is 1. The van der Waals surface area contributed by atoms with Crippen LogP contribution in [0.5, 0.6) is 0 Å². The lowest BCUT2D eigenvalue weighted by atomic mass is 10.1. The average Bonchev–Trinajstić information content (AvgIpc) is 3.11. The Balaban J connectivity index is 1.71. The van der Waals surface area contributed by atoms with E-state index < -0.39 is 0 Å². The molecule has 0 aliphatic rings. The number of hydrogen-bond acceptors (Lipinski definition) is 2. The first-order valence-electron chi connectivity index (χ1n) is 8.40. The first-order chi connectivity index (χ1) is 12.2. The zero-order chi connectivity index (χ0) is 17.6. The number of aryl methyl sites for hydroxylation is 2. The molecule has 0 spiro atoms. The summed E-state index contributed by atoms with van der Waals surface area (Å²) in [6.45, 7) is 4.11. The second-order valence-corrected chi connectivity index (χ2v) is 6.97. The summed E-state index contributed by atoms with van der Waals surface area (Å²) in [7, 11) is 0. The maximum Gasteiger partial charge on any atom is 0.248 e. The van der Waals surface area contributed by atoms with Crippen LogP contribution in [0.3, 0.4) is 0 Å². The molecule has 3 aromatic rings. The predicted octanol–water partition coefficient (Wildman–Crippen LogP) is 5.94. The van der Waals surface area contributed by atoms with Crippen molar-refractivity contribution in [1.82, 2.24) is 0 Å². The molecule has 25 heavy (non-hydrogen) atoms. The Morgan fingerprint density at radius 2 is 1.84 bits per heavy atom. The number of rotatable bonds is 5. The van der Waals surface area contributed by atoms with Crippen molar-refractivity contribution in [2.24, 2.45) is 0 Å². The van der Waals surface area contributed by atoms with Crippen molar-refractivity contribution in [3.8, 4) is 10.4 Å². The molecule has 0 aliphatic carbocycles. The number of amides is 1. The van der Waals surface area contributed by atoms with Crippen molar-refractivity contribution >= 4 is 29.0 Å². The minimum atomic E-state index is -0.0985. The molecule has 0 fully saturated rings. The number of carbonyl (C=O) groups excluding carboxylic acids is 1. The molecule has 0 saturated heterocycles. The molecule has 1 aromatic heterocycles. The maximum absolute atomic E-state index is 12.3. The summed E-state index contributed by atoms with van der Waals surface area (Å²) in [6.07, 6.45) is 4.37. The van der Waals surface area contributed by atoms with Gasteiger partial charge in [-0.2, -0.15) is 0 Å². The quantitative estimate of drug-likeness (QED) is 0.569. The summed E-state index contributed by atoms with van der Waals surface area (Å²) in [4.78, 5) is 14.6. The molecule has 0 atom stereocenters. The Hall–Kier alpha value is -2.65. The van der Waals surface area contributed by atoms with E-state index in [1.807, 2.05) is 49.4 Å². The third kappa shape index (κ3) is 4.25. The first-order valence-corrected chi connectivity index (χ1v) is 9.22. The molecular weight excluding hydrogens is 326 g/mol. The minimum Gasteiger partial charge on any atom is -0.322 e. The summed E-state index contributed by atoms with van der Waals surface area (Å²) in [5, 5.41) is 3.02. The van der Waals surface area contributed by atoms with E-state index in [0.717, 1.165) is 28.1 Å². The highest BCUT2D eigenvalue weighted by atomic mass is 32.1. The second kappa shape index (κ2) is 7.95. The van der Waals surface area contributed by atoms with Gasteiger partial charge in [0.2, 0.25) is 5.91 Å². The number of thiophene rings is 1.